The van der Waals surface area contributed by atoms with Crippen LogP contribution in [-0.2, 0) is 21.8 Å². The number of rotatable bonds is 6. The number of hydrogen-bond donors (Lipinski definition) is 0. The van der Waals surface area contributed by atoms with Gasteiger partial charge < -0.3 is 0 Å². The second-order valence-corrected chi connectivity index (χ2v) is 21.2. The van der Waals surface area contributed by atoms with Crippen LogP contribution < -0.4 is 5.46 Å². The summed E-state index contributed by atoms with van der Waals surface area (Å²) in [5.74, 6) is -3.48. The Balaban J connectivity index is 0.000000263. The molecule has 2 saturated heterocycles. The molecule has 1 unspecified atom stereocenters. The molecule has 0 radical (unpaired) electrons. The smallest absolute Gasteiger partial charge is 0.200 e. The summed E-state index contributed by atoms with van der Waals surface area (Å²) in [5.41, 5.74) is 2.42. The first kappa shape index (κ1) is 47.6. The molecule has 0 amide bonds. The molecular weight excluding hydrogens is 791 g/mol. The van der Waals surface area contributed by atoms with Crippen LogP contribution in [0.3, 0.4) is 0 Å². The van der Waals surface area contributed by atoms with E-state index in [2.05, 4.69) is 41.5 Å². The molecule has 0 bridgehead atoms. The minimum absolute atomic E-state index is 0.0649. The molecule has 2 aliphatic heterocycles. The third kappa shape index (κ3) is 15.2. The van der Waals surface area contributed by atoms with Crippen LogP contribution in [0, 0.1) is 41.4 Å². The van der Waals surface area contributed by atoms with Gasteiger partial charge in [0.1, 0.15) is 34.6 Å². The summed E-state index contributed by atoms with van der Waals surface area (Å²) in [6, 6.07) is 17.8. The number of carbonyl (C=O) groups is 2. The molecule has 2 fully saturated rings. The number of ketones is 2. The van der Waals surface area contributed by atoms with Crippen LogP contribution in [0.15, 0.2) is 54.6 Å². The van der Waals surface area contributed by atoms with Gasteiger partial charge in [-0.1, -0.05) is 80.9 Å². The standard InChI is InChI=1S/C17H25OS.C14H19OS.C6H3BF5.F6P/c1-13-7-9-14(10-8-13)15(18)16(17(2,3)4)19-11-5-6-12-19;1-14(2,16-10-6-7-11-16)13(15)12-8-4-3-5-9-12;7-1-2(8)4(10)6(12)5(11)3(1)9;1-7(2,3,4,5)6/h7-10,16H,5-6,11-12H2,1-4H3;3-5,8-9H,6-7,10-11H2,1-2H3;7H3;/q2*+1;2*-1. The molecule has 2 nitrogen and oxygen atoms in total. The van der Waals surface area contributed by atoms with Gasteiger partial charge in [-0.25, -0.2) is 22.0 Å². The minimum atomic E-state index is -10.7. The van der Waals surface area contributed by atoms with Crippen molar-refractivity contribution < 1.29 is 56.7 Å². The van der Waals surface area contributed by atoms with Crippen molar-refractivity contribution in [3.63, 3.8) is 0 Å². The second-order valence-electron chi connectivity index (χ2n) is 14.1. The van der Waals surface area contributed by atoms with Crippen LogP contribution in [0.5, 0.6) is 0 Å². The van der Waals surface area contributed by atoms with Crippen LogP contribution in [0.1, 0.15) is 86.6 Å². The maximum atomic E-state index is 12.9. The van der Waals surface area contributed by atoms with Crippen molar-refractivity contribution in [3.05, 3.63) is 100 Å². The van der Waals surface area contributed by atoms with Crippen LogP contribution in [-0.4, -0.2) is 52.4 Å². The molecule has 17 heteroatoms. The molecule has 0 saturated carbocycles. The first-order valence-electron chi connectivity index (χ1n) is 16.5. The quantitative estimate of drug-likeness (QED) is 0.0471. The number of carbonyl (C=O) groups excluding carboxylic acids is 2. The Morgan fingerprint density at radius 3 is 1.43 bits per heavy atom. The molecule has 0 aromatic heterocycles. The van der Waals surface area contributed by atoms with E-state index in [4.69, 9.17) is 0 Å². The summed E-state index contributed by atoms with van der Waals surface area (Å²) in [6.07, 6.45) is 5.21. The van der Waals surface area contributed by atoms with Gasteiger partial charge in [0.2, 0.25) is 11.6 Å². The predicted molar refractivity (Wildman–Crippen MR) is 206 cm³/mol. The number of hydrogen-bond acceptors (Lipinski definition) is 2. The van der Waals surface area contributed by atoms with E-state index in [1.165, 1.54) is 54.3 Å². The second kappa shape index (κ2) is 17.7. The Kier molecular flexibility index (Phi) is 15.6. The molecule has 5 rings (SSSR count). The molecule has 3 aromatic carbocycles. The van der Waals surface area contributed by atoms with E-state index in [-0.39, 0.29) is 37.2 Å². The van der Waals surface area contributed by atoms with Crippen molar-refractivity contribution in [3.8, 4) is 0 Å². The van der Waals surface area contributed by atoms with Gasteiger partial charge in [-0.3, -0.25) is 9.59 Å². The fourth-order valence-corrected chi connectivity index (χ4v) is 11.5. The Labute approximate surface area is 316 Å². The van der Waals surface area contributed by atoms with Crippen LogP contribution >= 0.6 is 7.81 Å². The topological polar surface area (TPSA) is 34.1 Å². The van der Waals surface area contributed by atoms with E-state index in [0.717, 1.165) is 11.1 Å². The minimum Gasteiger partial charge on any atom is -0.207 e. The van der Waals surface area contributed by atoms with E-state index in [1.54, 1.807) is 0 Å². The Morgan fingerprint density at radius 2 is 1.02 bits per heavy atom. The molecule has 54 heavy (non-hydrogen) atoms. The van der Waals surface area contributed by atoms with Gasteiger partial charge in [-0.2, -0.15) is 0 Å². The molecule has 3 aromatic rings. The van der Waals surface area contributed by atoms with Crippen LogP contribution in [0.4, 0.5) is 47.1 Å². The molecule has 1 atom stereocenters. The summed E-state index contributed by atoms with van der Waals surface area (Å²) in [4.78, 5) is 25.4. The van der Waals surface area contributed by atoms with E-state index in [0.29, 0.717) is 11.6 Å². The molecule has 304 valence electrons. The number of halogens is 11. The number of benzene rings is 3. The summed E-state index contributed by atoms with van der Waals surface area (Å²) in [6.45, 7) is 13.0. The molecule has 2 heterocycles. The predicted octanol–water partition coefficient (Wildman–Crippen LogP) is 10.8. The van der Waals surface area contributed by atoms with Crippen molar-refractivity contribution >= 4 is 54.5 Å². The van der Waals surface area contributed by atoms with Crippen molar-refractivity contribution in [1.82, 2.24) is 0 Å². The molecule has 0 spiro atoms. The Bertz CT molecular complexity index is 1620. The van der Waals surface area contributed by atoms with Gasteiger partial charge in [0.05, 0.1) is 0 Å². The fraction of sp³-hybridized carbons (Fsp3) is 0.459. The summed E-state index contributed by atoms with van der Waals surface area (Å²) in [7, 11) is -11.1. The van der Waals surface area contributed by atoms with Gasteiger partial charge in [-0.15, -0.1) is 5.46 Å². The van der Waals surface area contributed by atoms with Crippen LogP contribution in [0.25, 0.3) is 0 Å². The monoisotopic (exact) mass is 838 g/mol. The number of Topliss-reactive ketones (excluding diaryl/α,β-unsaturated/α-hetero) is 2. The average Bonchev–Trinajstić information content (AvgIpc) is 3.81. The largest absolute Gasteiger partial charge is 0.207 e. The first-order chi connectivity index (χ1) is 24.4. The Morgan fingerprint density at radius 1 is 0.630 bits per heavy atom. The van der Waals surface area contributed by atoms with Crippen molar-refractivity contribution in [1.29, 1.82) is 0 Å². The zero-order chi connectivity index (χ0) is 41.5. The zero-order valence-electron chi connectivity index (χ0n) is 30.2. The summed E-state index contributed by atoms with van der Waals surface area (Å²) in [5, 5.41) is 0.192. The van der Waals surface area contributed by atoms with Crippen molar-refractivity contribution in [2.45, 2.75) is 77.2 Å². The van der Waals surface area contributed by atoms with Gasteiger partial charge in [0.15, 0.2) is 27.4 Å². The van der Waals surface area contributed by atoms with Crippen molar-refractivity contribution in [2.75, 3.05) is 23.0 Å². The molecular formula is C37H47BF11O2PS2. The first-order valence-corrected chi connectivity index (χ1v) is 21.7. The molecule has 0 N–H and O–H groups in total. The van der Waals surface area contributed by atoms with E-state index in [1.807, 2.05) is 54.6 Å². The van der Waals surface area contributed by atoms with Gasteiger partial charge in [0, 0.05) is 27.4 Å². The molecule has 0 aliphatic carbocycles. The average molecular weight is 839 g/mol. The van der Waals surface area contributed by atoms with E-state index < -0.39 is 50.2 Å². The third-order valence-corrected chi connectivity index (χ3v) is 14.5. The van der Waals surface area contributed by atoms with Gasteiger partial charge in [0.25, 0.3) is 0 Å². The third-order valence-electron chi connectivity index (χ3n) is 8.08. The SMILES string of the molecule is CC(C)(C(=O)c1ccccc1)[S+]1CCCC1.Cc1ccc(C(=O)C([S+]2CCCC2)C(C)(C)C)cc1.F[P-](F)(F)(F)(F)F.[BH3-]c1c(F)c(F)c(F)c(F)c1F. The van der Waals surface area contributed by atoms with Crippen molar-refractivity contribution in [2.24, 2.45) is 5.41 Å². The number of aryl methyl sites for hydroxylation is 1. The summed E-state index contributed by atoms with van der Waals surface area (Å²) >= 11 is 0. The van der Waals surface area contributed by atoms with E-state index >= 15 is 0 Å². The van der Waals surface area contributed by atoms with Gasteiger partial charge in [-0.05, 0) is 65.2 Å². The Hall–Kier alpha value is -2.58. The maximum absolute atomic E-state index is 12.9. The van der Waals surface area contributed by atoms with Gasteiger partial charge >= 0.3 is 33.0 Å². The van der Waals surface area contributed by atoms with Crippen LogP contribution in [0.2, 0.25) is 0 Å². The zero-order valence-corrected chi connectivity index (χ0v) is 32.7. The maximum Gasteiger partial charge on any atom is 0.200 e. The molecule has 2 aliphatic rings. The fourth-order valence-electron chi connectivity index (χ4n) is 5.55. The normalized spacial score (nSPS) is 17.1. The summed E-state index contributed by atoms with van der Waals surface area (Å²) < 4.78 is 121. The van der Waals surface area contributed by atoms with E-state index in [9.17, 15) is 56.7 Å².